The molecule has 88 valence electrons. The normalized spacial score (nSPS) is 10.4. The molecule has 0 aliphatic carbocycles. The highest BCUT2D eigenvalue weighted by Crippen LogP contribution is 2.30. The van der Waals surface area contributed by atoms with E-state index in [0.717, 1.165) is 5.56 Å². The van der Waals surface area contributed by atoms with Gasteiger partial charge in [0, 0.05) is 10.7 Å². The average Bonchev–Trinajstić information content (AvgIpc) is 2.25. The lowest BCUT2D eigenvalue weighted by Crippen LogP contribution is -1.92. The Morgan fingerprint density at radius 2 is 2.00 bits per heavy atom. The first-order chi connectivity index (χ1) is 8.06. The van der Waals surface area contributed by atoms with Crippen molar-refractivity contribution in [1.82, 2.24) is 4.98 Å². The molecule has 0 aliphatic rings. The van der Waals surface area contributed by atoms with Crippen LogP contribution >= 0.6 is 31.9 Å². The molecule has 0 saturated heterocycles. The Balaban J connectivity index is 2.31. The molecule has 5 heteroatoms. The Morgan fingerprint density at radius 3 is 2.65 bits per heavy atom. The largest absolute Gasteiger partial charge is 0.435 e. The Kier molecular flexibility index (Phi) is 3.79. The number of aromatic nitrogens is 1. The van der Waals surface area contributed by atoms with E-state index in [1.807, 2.05) is 13.0 Å². The maximum Gasteiger partial charge on any atom is 0.233 e. The van der Waals surface area contributed by atoms with Gasteiger partial charge in [0.1, 0.15) is 0 Å². The Morgan fingerprint density at radius 1 is 1.24 bits per heavy atom. The van der Waals surface area contributed by atoms with Crippen LogP contribution in [0.5, 0.6) is 11.6 Å². The molecule has 0 fully saturated rings. The smallest absolute Gasteiger partial charge is 0.233 e. The van der Waals surface area contributed by atoms with E-state index in [1.165, 1.54) is 6.07 Å². The number of ether oxygens (including phenoxy) is 1. The van der Waals surface area contributed by atoms with Gasteiger partial charge >= 0.3 is 0 Å². The number of hydrogen-bond acceptors (Lipinski definition) is 2. The van der Waals surface area contributed by atoms with Crippen LogP contribution < -0.4 is 4.74 Å². The van der Waals surface area contributed by atoms with E-state index in [0.29, 0.717) is 14.8 Å². The second-order valence-electron chi connectivity index (χ2n) is 3.48. The van der Waals surface area contributed by atoms with Crippen molar-refractivity contribution in [2.75, 3.05) is 0 Å². The molecule has 0 spiro atoms. The van der Waals surface area contributed by atoms with E-state index >= 15 is 0 Å². The summed E-state index contributed by atoms with van der Waals surface area (Å²) in [4.78, 5) is 4.09. The number of benzene rings is 1. The van der Waals surface area contributed by atoms with Crippen molar-refractivity contribution >= 4 is 31.9 Å². The van der Waals surface area contributed by atoms with Crippen LogP contribution in [0, 0.1) is 12.7 Å². The van der Waals surface area contributed by atoms with Crippen molar-refractivity contribution in [2.24, 2.45) is 0 Å². The van der Waals surface area contributed by atoms with Crippen molar-refractivity contribution in [3.8, 4) is 11.6 Å². The molecule has 1 heterocycles. The molecule has 0 unspecified atom stereocenters. The Bertz CT molecular complexity index is 511. The molecule has 0 amide bonds. The molecule has 2 aromatic rings. The van der Waals surface area contributed by atoms with Gasteiger partial charge in [-0.15, -0.1) is 0 Å². The molecule has 0 N–H and O–H groups in total. The summed E-state index contributed by atoms with van der Waals surface area (Å²) in [5.41, 5.74) is 1.00. The molecular weight excluding hydrogens is 353 g/mol. The van der Waals surface area contributed by atoms with E-state index < -0.39 is 5.82 Å². The van der Waals surface area contributed by atoms with Crippen molar-refractivity contribution in [3.63, 3.8) is 0 Å². The first-order valence-electron chi connectivity index (χ1n) is 4.81. The van der Waals surface area contributed by atoms with Crippen LogP contribution in [0.15, 0.2) is 39.4 Å². The second-order valence-corrected chi connectivity index (χ2v) is 5.25. The van der Waals surface area contributed by atoms with Gasteiger partial charge < -0.3 is 4.74 Å². The number of nitrogens with zero attached hydrogens (tertiary/aromatic N) is 1. The molecule has 0 radical (unpaired) electrons. The predicted octanol–water partition coefficient (Wildman–Crippen LogP) is 4.85. The van der Waals surface area contributed by atoms with Crippen LogP contribution in [0.1, 0.15) is 5.56 Å². The minimum absolute atomic E-state index is 0.144. The van der Waals surface area contributed by atoms with Gasteiger partial charge in [-0.3, -0.25) is 0 Å². The van der Waals surface area contributed by atoms with E-state index in [-0.39, 0.29) is 5.75 Å². The van der Waals surface area contributed by atoms with Crippen molar-refractivity contribution in [2.45, 2.75) is 6.92 Å². The molecule has 0 atom stereocenters. The zero-order valence-electron chi connectivity index (χ0n) is 8.88. The molecule has 0 saturated carbocycles. The summed E-state index contributed by atoms with van der Waals surface area (Å²) in [5, 5.41) is 0. The van der Waals surface area contributed by atoms with Gasteiger partial charge in [-0.25, -0.2) is 9.37 Å². The fraction of sp³-hybridized carbons (Fsp3) is 0.0833. The lowest BCUT2D eigenvalue weighted by Gasteiger charge is -2.08. The van der Waals surface area contributed by atoms with Gasteiger partial charge in [0.05, 0.1) is 4.47 Å². The third-order valence-electron chi connectivity index (χ3n) is 2.04. The minimum atomic E-state index is -0.436. The van der Waals surface area contributed by atoms with E-state index in [4.69, 9.17) is 4.74 Å². The highest BCUT2D eigenvalue weighted by Gasteiger charge is 2.09. The number of pyridine rings is 1. The average molecular weight is 361 g/mol. The van der Waals surface area contributed by atoms with Crippen LogP contribution in [0.4, 0.5) is 4.39 Å². The topological polar surface area (TPSA) is 22.1 Å². The van der Waals surface area contributed by atoms with Crippen LogP contribution in [-0.2, 0) is 0 Å². The highest BCUT2D eigenvalue weighted by molar-refractivity contribution is 9.10. The van der Waals surface area contributed by atoms with Gasteiger partial charge in [-0.1, -0.05) is 15.9 Å². The predicted molar refractivity (Wildman–Crippen MR) is 70.8 cm³/mol. The monoisotopic (exact) mass is 359 g/mol. The third-order valence-corrected chi connectivity index (χ3v) is 3.11. The second kappa shape index (κ2) is 5.14. The molecule has 0 aliphatic heterocycles. The number of aryl methyl sites for hydroxylation is 1. The van der Waals surface area contributed by atoms with E-state index in [2.05, 4.69) is 36.8 Å². The minimum Gasteiger partial charge on any atom is -0.435 e. The highest BCUT2D eigenvalue weighted by atomic mass is 79.9. The Hall–Kier alpha value is -0.940. The van der Waals surface area contributed by atoms with Gasteiger partial charge in [-0.05, 0) is 52.7 Å². The van der Waals surface area contributed by atoms with Gasteiger partial charge in [0.25, 0.3) is 0 Å². The van der Waals surface area contributed by atoms with Crippen molar-refractivity contribution < 1.29 is 9.13 Å². The lowest BCUT2D eigenvalue weighted by molar-refractivity contribution is 0.424. The summed E-state index contributed by atoms with van der Waals surface area (Å²) in [6, 6.07) is 6.46. The zero-order valence-corrected chi connectivity index (χ0v) is 12.0. The van der Waals surface area contributed by atoms with Crippen LogP contribution in [0.25, 0.3) is 0 Å². The summed E-state index contributed by atoms with van der Waals surface area (Å²) < 4.78 is 20.3. The molecule has 1 aromatic heterocycles. The number of halogens is 3. The fourth-order valence-corrected chi connectivity index (χ4v) is 2.14. The molecular formula is C12H8Br2FNO. The van der Waals surface area contributed by atoms with Gasteiger partial charge in [-0.2, -0.15) is 0 Å². The third kappa shape index (κ3) is 3.04. The van der Waals surface area contributed by atoms with Gasteiger partial charge in [0.15, 0.2) is 11.6 Å². The maximum atomic E-state index is 13.5. The molecule has 2 nitrogen and oxygen atoms in total. The summed E-state index contributed by atoms with van der Waals surface area (Å²) in [6.45, 7) is 1.92. The quantitative estimate of drug-likeness (QED) is 0.763. The molecule has 1 aromatic carbocycles. The SMILES string of the molecule is Cc1cnc(Oc2ccc(Br)cc2F)c(Br)c1. The number of rotatable bonds is 2. The standard InChI is InChI=1S/C12H8Br2FNO/c1-7-4-9(14)12(16-6-7)17-11-3-2-8(13)5-10(11)15/h2-6H,1H3. The first kappa shape index (κ1) is 12.5. The van der Waals surface area contributed by atoms with Gasteiger partial charge in [0.2, 0.25) is 5.88 Å². The molecule has 0 bridgehead atoms. The van der Waals surface area contributed by atoms with Crippen molar-refractivity contribution in [1.29, 1.82) is 0 Å². The molecule has 2 rings (SSSR count). The van der Waals surface area contributed by atoms with E-state index in [1.54, 1.807) is 18.3 Å². The zero-order chi connectivity index (χ0) is 12.4. The van der Waals surface area contributed by atoms with Crippen molar-refractivity contribution in [3.05, 3.63) is 50.8 Å². The molecule has 17 heavy (non-hydrogen) atoms. The lowest BCUT2D eigenvalue weighted by atomic mass is 10.3. The maximum absolute atomic E-state index is 13.5. The Labute approximate surface area is 115 Å². The first-order valence-corrected chi connectivity index (χ1v) is 6.40. The summed E-state index contributed by atoms with van der Waals surface area (Å²) in [6.07, 6.45) is 1.66. The fourth-order valence-electron chi connectivity index (χ4n) is 1.26. The summed E-state index contributed by atoms with van der Waals surface area (Å²) in [7, 11) is 0. The van der Waals surface area contributed by atoms with E-state index in [9.17, 15) is 4.39 Å². The summed E-state index contributed by atoms with van der Waals surface area (Å²) in [5.74, 6) is 0.0516. The van der Waals surface area contributed by atoms with Crippen LogP contribution in [-0.4, -0.2) is 4.98 Å². The summed E-state index contributed by atoms with van der Waals surface area (Å²) >= 11 is 6.51. The van der Waals surface area contributed by atoms with Crippen LogP contribution in [0.3, 0.4) is 0 Å². The number of hydrogen-bond donors (Lipinski definition) is 0. The van der Waals surface area contributed by atoms with Crippen LogP contribution in [0.2, 0.25) is 0 Å².